The summed E-state index contributed by atoms with van der Waals surface area (Å²) >= 11 is 0. The molecule has 18 heavy (non-hydrogen) atoms. The van der Waals surface area contributed by atoms with E-state index in [2.05, 4.69) is 41.7 Å². The molecule has 0 saturated carbocycles. The van der Waals surface area contributed by atoms with E-state index in [4.69, 9.17) is 4.74 Å². The Morgan fingerprint density at radius 1 is 1.11 bits per heavy atom. The van der Waals surface area contributed by atoms with E-state index in [0.29, 0.717) is 6.61 Å². The lowest BCUT2D eigenvalue weighted by Crippen LogP contribution is -2.45. The van der Waals surface area contributed by atoms with Crippen LogP contribution in [0.5, 0.6) is 0 Å². The summed E-state index contributed by atoms with van der Waals surface area (Å²) in [7, 11) is 1.77. The van der Waals surface area contributed by atoms with E-state index in [1.165, 1.54) is 0 Å². The summed E-state index contributed by atoms with van der Waals surface area (Å²) in [4.78, 5) is 4.13. The highest BCUT2D eigenvalue weighted by molar-refractivity contribution is 14.0. The molecule has 0 spiro atoms. The van der Waals surface area contributed by atoms with E-state index in [-0.39, 0.29) is 29.5 Å². The lowest BCUT2D eigenvalue weighted by Gasteiger charge is -2.21. The number of aliphatic imine (C=N–C) groups is 1. The first-order chi connectivity index (χ1) is 7.99. The maximum Gasteiger partial charge on any atom is 0.191 e. The zero-order valence-corrected chi connectivity index (χ0v) is 14.6. The highest BCUT2D eigenvalue weighted by Gasteiger charge is 2.07. The molecule has 0 unspecified atom stereocenters. The van der Waals surface area contributed by atoms with Gasteiger partial charge in [0.1, 0.15) is 0 Å². The van der Waals surface area contributed by atoms with Crippen molar-refractivity contribution in [2.45, 2.75) is 33.2 Å². The van der Waals surface area contributed by atoms with Gasteiger partial charge < -0.3 is 20.7 Å². The largest absolute Gasteiger partial charge is 0.380 e. The Bertz CT molecular complexity index is 217. The second-order valence-corrected chi connectivity index (χ2v) is 4.80. The molecule has 0 amide bonds. The minimum absolute atomic E-state index is 0. The standard InChI is InChI=1S/C12H28N4O.HI/c1-6-17-10-9-15-11(13-5)14-7-8-16-12(2,3)4;/h16H,6-10H2,1-5H3,(H2,13,14,15);1H. The van der Waals surface area contributed by atoms with Crippen molar-refractivity contribution in [3.63, 3.8) is 0 Å². The lowest BCUT2D eigenvalue weighted by molar-refractivity contribution is 0.152. The third kappa shape index (κ3) is 14.0. The highest BCUT2D eigenvalue weighted by Crippen LogP contribution is 1.96. The number of nitrogens with one attached hydrogen (secondary N) is 3. The summed E-state index contributed by atoms with van der Waals surface area (Å²) in [5, 5.41) is 9.84. The van der Waals surface area contributed by atoms with Gasteiger partial charge in [-0.3, -0.25) is 4.99 Å². The Hall–Kier alpha value is -0.0800. The number of hydrogen-bond acceptors (Lipinski definition) is 3. The number of nitrogens with zero attached hydrogens (tertiary/aromatic N) is 1. The molecular weight excluding hydrogens is 343 g/mol. The van der Waals surface area contributed by atoms with Crippen molar-refractivity contribution >= 4 is 29.9 Å². The van der Waals surface area contributed by atoms with E-state index in [9.17, 15) is 0 Å². The molecule has 0 atom stereocenters. The van der Waals surface area contributed by atoms with Crippen molar-refractivity contribution < 1.29 is 4.74 Å². The molecule has 5 nitrogen and oxygen atoms in total. The molecule has 0 aromatic rings. The van der Waals surface area contributed by atoms with E-state index in [1.54, 1.807) is 7.05 Å². The average molecular weight is 372 g/mol. The molecule has 0 aromatic carbocycles. The van der Waals surface area contributed by atoms with Gasteiger partial charge in [-0.1, -0.05) is 0 Å². The molecule has 0 fully saturated rings. The average Bonchev–Trinajstić information content (AvgIpc) is 2.25. The second-order valence-electron chi connectivity index (χ2n) is 4.80. The maximum atomic E-state index is 5.24. The molecule has 3 N–H and O–H groups in total. The Kier molecular flexibility index (Phi) is 13.5. The van der Waals surface area contributed by atoms with Crippen LogP contribution in [0.25, 0.3) is 0 Å². The van der Waals surface area contributed by atoms with Gasteiger partial charge in [0.25, 0.3) is 0 Å². The summed E-state index contributed by atoms with van der Waals surface area (Å²) in [6.07, 6.45) is 0. The van der Waals surface area contributed by atoms with Crippen molar-refractivity contribution in [3.8, 4) is 0 Å². The van der Waals surface area contributed by atoms with Gasteiger partial charge in [-0.15, -0.1) is 24.0 Å². The van der Waals surface area contributed by atoms with Crippen LogP contribution in [-0.4, -0.2) is 51.4 Å². The first-order valence-electron chi connectivity index (χ1n) is 6.27. The molecule has 0 bridgehead atoms. The Labute approximate surface area is 129 Å². The van der Waals surface area contributed by atoms with E-state index < -0.39 is 0 Å². The molecule has 0 rings (SSSR count). The Morgan fingerprint density at radius 3 is 2.22 bits per heavy atom. The Balaban J connectivity index is 0. The minimum atomic E-state index is 0. The fourth-order valence-electron chi connectivity index (χ4n) is 1.22. The van der Waals surface area contributed by atoms with E-state index in [1.807, 2.05) is 6.92 Å². The number of ether oxygens (including phenoxy) is 1. The monoisotopic (exact) mass is 372 g/mol. The predicted octanol–water partition coefficient (Wildman–Crippen LogP) is 1.19. The molecule has 0 aromatic heterocycles. The SMILES string of the molecule is CCOCCNC(=NC)NCCNC(C)(C)C.I. The Morgan fingerprint density at radius 2 is 1.72 bits per heavy atom. The van der Waals surface area contributed by atoms with Crippen LogP contribution in [0.15, 0.2) is 4.99 Å². The topological polar surface area (TPSA) is 57.7 Å². The predicted molar refractivity (Wildman–Crippen MR) is 89.0 cm³/mol. The van der Waals surface area contributed by atoms with Crippen molar-refractivity contribution in [2.75, 3.05) is 39.9 Å². The van der Waals surface area contributed by atoms with Crippen LogP contribution in [0, 0.1) is 0 Å². The third-order valence-electron chi connectivity index (χ3n) is 2.04. The molecule has 0 aliphatic carbocycles. The van der Waals surface area contributed by atoms with Crippen LogP contribution in [-0.2, 0) is 4.74 Å². The highest BCUT2D eigenvalue weighted by atomic mass is 127. The second kappa shape index (κ2) is 12.0. The molecule has 0 heterocycles. The molecule has 6 heteroatoms. The van der Waals surface area contributed by atoms with Crippen LogP contribution >= 0.6 is 24.0 Å². The quantitative estimate of drug-likeness (QED) is 0.272. The van der Waals surface area contributed by atoms with Crippen molar-refractivity contribution in [1.82, 2.24) is 16.0 Å². The number of halogens is 1. The minimum Gasteiger partial charge on any atom is -0.380 e. The summed E-state index contributed by atoms with van der Waals surface area (Å²) in [6.45, 7) is 12.5. The number of rotatable bonds is 7. The van der Waals surface area contributed by atoms with Gasteiger partial charge in [-0.05, 0) is 27.7 Å². The van der Waals surface area contributed by atoms with Crippen LogP contribution in [0.1, 0.15) is 27.7 Å². The maximum absolute atomic E-state index is 5.24. The first-order valence-corrected chi connectivity index (χ1v) is 6.27. The van der Waals surface area contributed by atoms with Gasteiger partial charge in [0.05, 0.1) is 6.61 Å². The fraction of sp³-hybridized carbons (Fsp3) is 0.917. The number of hydrogen-bond donors (Lipinski definition) is 3. The smallest absolute Gasteiger partial charge is 0.191 e. The summed E-state index contributed by atoms with van der Waals surface area (Å²) in [5.74, 6) is 0.820. The molecule has 0 saturated heterocycles. The lowest BCUT2D eigenvalue weighted by atomic mass is 10.1. The van der Waals surface area contributed by atoms with Gasteiger partial charge in [0, 0.05) is 38.8 Å². The van der Waals surface area contributed by atoms with Crippen LogP contribution in [0.4, 0.5) is 0 Å². The van der Waals surface area contributed by atoms with E-state index >= 15 is 0 Å². The van der Waals surface area contributed by atoms with Gasteiger partial charge in [0.15, 0.2) is 5.96 Å². The van der Waals surface area contributed by atoms with Crippen LogP contribution in [0.3, 0.4) is 0 Å². The van der Waals surface area contributed by atoms with Crippen LogP contribution in [0.2, 0.25) is 0 Å². The molecular formula is C12H29IN4O. The molecule has 0 aliphatic rings. The molecule has 0 radical (unpaired) electrons. The zero-order valence-electron chi connectivity index (χ0n) is 12.3. The summed E-state index contributed by atoms with van der Waals surface area (Å²) < 4.78 is 5.24. The third-order valence-corrected chi connectivity index (χ3v) is 2.04. The first kappa shape index (κ1) is 20.2. The summed E-state index contributed by atoms with van der Waals surface area (Å²) in [5.41, 5.74) is 0.160. The zero-order chi connectivity index (χ0) is 13.1. The molecule has 110 valence electrons. The molecule has 0 aliphatic heterocycles. The van der Waals surface area contributed by atoms with Gasteiger partial charge in [0.2, 0.25) is 0 Å². The fourth-order valence-corrected chi connectivity index (χ4v) is 1.22. The normalized spacial score (nSPS) is 11.9. The van der Waals surface area contributed by atoms with Crippen LogP contribution < -0.4 is 16.0 Å². The number of guanidine groups is 1. The van der Waals surface area contributed by atoms with Crippen molar-refractivity contribution in [3.05, 3.63) is 0 Å². The van der Waals surface area contributed by atoms with E-state index in [0.717, 1.165) is 32.2 Å². The van der Waals surface area contributed by atoms with Gasteiger partial charge >= 0.3 is 0 Å². The van der Waals surface area contributed by atoms with Crippen molar-refractivity contribution in [1.29, 1.82) is 0 Å². The van der Waals surface area contributed by atoms with Crippen molar-refractivity contribution in [2.24, 2.45) is 4.99 Å². The summed E-state index contributed by atoms with van der Waals surface area (Å²) in [6, 6.07) is 0. The van der Waals surface area contributed by atoms with Gasteiger partial charge in [-0.2, -0.15) is 0 Å². The van der Waals surface area contributed by atoms with Gasteiger partial charge in [-0.25, -0.2) is 0 Å².